The minimum Gasteiger partial charge on any atom is -0.309 e. The molecule has 0 aliphatic heterocycles. The molecule has 4 heteroatoms. The molecule has 0 bridgehead atoms. The summed E-state index contributed by atoms with van der Waals surface area (Å²) >= 11 is 0. The van der Waals surface area contributed by atoms with E-state index < -0.39 is 0 Å². The number of fused-ring (bicyclic) bond motifs is 8. The molecule has 9 rings (SSSR count). The van der Waals surface area contributed by atoms with Crippen LogP contribution in [0.4, 0.5) is 0 Å². The lowest BCUT2D eigenvalue weighted by Crippen LogP contribution is -2.04. The van der Waals surface area contributed by atoms with Crippen LogP contribution in [-0.4, -0.2) is 9.13 Å². The van der Waals surface area contributed by atoms with Gasteiger partial charge in [-0.1, -0.05) is 84.9 Å². The van der Waals surface area contributed by atoms with E-state index in [9.17, 15) is 10.5 Å². The maximum absolute atomic E-state index is 10.5. The molecule has 9 aromatic rings. The maximum atomic E-state index is 10.5. The van der Waals surface area contributed by atoms with Crippen molar-refractivity contribution in [3.05, 3.63) is 145 Å². The highest BCUT2D eigenvalue weighted by atomic mass is 15.0. The first kappa shape index (κ1) is 24.3. The van der Waals surface area contributed by atoms with Crippen LogP contribution in [0.5, 0.6) is 0 Å². The number of aromatic nitrogens is 2. The zero-order valence-electron chi connectivity index (χ0n) is 23.5. The first-order valence-electron chi connectivity index (χ1n) is 14.6. The summed E-state index contributed by atoms with van der Waals surface area (Å²) in [4.78, 5) is 0. The molecule has 0 spiro atoms. The van der Waals surface area contributed by atoms with Crippen molar-refractivity contribution in [3.63, 3.8) is 0 Å². The van der Waals surface area contributed by atoms with Gasteiger partial charge in [-0.05, 0) is 70.1 Å². The zero-order chi connectivity index (χ0) is 29.4. The summed E-state index contributed by atoms with van der Waals surface area (Å²) in [5.74, 6) is 0. The first-order valence-corrected chi connectivity index (χ1v) is 14.6. The Morgan fingerprint density at radius 3 is 1.43 bits per heavy atom. The number of nitrogens with zero attached hydrogens (tertiary/aromatic N) is 4. The highest BCUT2D eigenvalue weighted by Crippen LogP contribution is 2.39. The summed E-state index contributed by atoms with van der Waals surface area (Å²) in [7, 11) is 0. The summed E-state index contributed by atoms with van der Waals surface area (Å²) in [6, 6.07) is 51.0. The van der Waals surface area contributed by atoms with E-state index >= 15 is 0 Å². The first-order chi connectivity index (χ1) is 21.7. The van der Waals surface area contributed by atoms with E-state index in [1.807, 2.05) is 30.3 Å². The lowest BCUT2D eigenvalue weighted by atomic mass is 10.0. The third-order valence-electron chi connectivity index (χ3n) is 8.91. The molecule has 7 aromatic carbocycles. The molecule has 2 heterocycles. The molecular formula is C40H22N4. The molecule has 4 nitrogen and oxygen atoms in total. The minimum atomic E-state index is 0.346. The van der Waals surface area contributed by atoms with Crippen LogP contribution in [0.25, 0.3) is 76.5 Å². The second-order valence-electron chi connectivity index (χ2n) is 11.2. The summed E-state index contributed by atoms with van der Waals surface area (Å²) in [5.41, 5.74) is 6.32. The minimum absolute atomic E-state index is 0.346. The monoisotopic (exact) mass is 558 g/mol. The van der Waals surface area contributed by atoms with Gasteiger partial charge in [0.05, 0.1) is 38.9 Å². The fourth-order valence-electron chi connectivity index (χ4n) is 6.97. The van der Waals surface area contributed by atoms with Crippen molar-refractivity contribution >= 4 is 65.2 Å². The summed E-state index contributed by atoms with van der Waals surface area (Å²) < 4.78 is 4.38. The number of benzene rings is 7. The average molecular weight is 559 g/mol. The molecule has 44 heavy (non-hydrogen) atoms. The van der Waals surface area contributed by atoms with Gasteiger partial charge in [-0.15, -0.1) is 0 Å². The van der Waals surface area contributed by atoms with Gasteiger partial charge in [0.1, 0.15) is 12.1 Å². The van der Waals surface area contributed by atoms with Crippen LogP contribution < -0.4 is 0 Å². The van der Waals surface area contributed by atoms with Gasteiger partial charge >= 0.3 is 0 Å². The molecule has 0 aliphatic rings. The molecule has 0 saturated heterocycles. The van der Waals surface area contributed by atoms with Crippen LogP contribution in [0.1, 0.15) is 11.1 Å². The van der Waals surface area contributed by atoms with Gasteiger partial charge in [0.2, 0.25) is 0 Å². The maximum Gasteiger partial charge on any atom is 0.103 e. The Balaban J connectivity index is 1.44. The largest absolute Gasteiger partial charge is 0.309 e. The lowest BCUT2D eigenvalue weighted by molar-refractivity contribution is 1.12. The van der Waals surface area contributed by atoms with Crippen molar-refractivity contribution in [2.45, 2.75) is 0 Å². The SMILES string of the molecule is N#Cc1cc(-n2c3ccccc3c3cc4ccccc4cc32)cc(-n2c3ccccc3c3cc4ccccc4cc32)c1C#N. The Morgan fingerprint density at radius 1 is 0.409 bits per heavy atom. The molecule has 0 N–H and O–H groups in total. The van der Waals surface area contributed by atoms with Crippen molar-refractivity contribution in [1.82, 2.24) is 9.13 Å². The van der Waals surface area contributed by atoms with E-state index in [0.29, 0.717) is 16.8 Å². The molecule has 0 amide bonds. The lowest BCUT2D eigenvalue weighted by Gasteiger charge is -2.16. The number of para-hydroxylation sites is 2. The fraction of sp³-hybridized carbons (Fsp3) is 0. The number of nitriles is 2. The molecule has 0 atom stereocenters. The van der Waals surface area contributed by atoms with Crippen LogP contribution >= 0.6 is 0 Å². The topological polar surface area (TPSA) is 57.4 Å². The number of hydrogen-bond acceptors (Lipinski definition) is 2. The molecule has 202 valence electrons. The standard InChI is InChI=1S/C40H22N4/c41-23-29-17-30(43-36-15-7-5-13-31(36)33-18-25-9-1-3-11-27(25)20-38(33)43)22-40(35(29)24-42)44-37-16-8-6-14-32(37)34-19-26-10-2-4-12-28(26)21-39(34)44/h1-22H. The van der Waals surface area contributed by atoms with Crippen LogP contribution in [0.2, 0.25) is 0 Å². The van der Waals surface area contributed by atoms with Crippen molar-refractivity contribution in [3.8, 4) is 23.5 Å². The van der Waals surface area contributed by atoms with E-state index in [1.165, 1.54) is 5.39 Å². The molecule has 0 fully saturated rings. The third kappa shape index (κ3) is 3.31. The van der Waals surface area contributed by atoms with E-state index in [0.717, 1.165) is 65.5 Å². The smallest absolute Gasteiger partial charge is 0.103 e. The summed E-state index contributed by atoms with van der Waals surface area (Å²) in [5, 5.41) is 30.0. The normalized spacial score (nSPS) is 11.6. The van der Waals surface area contributed by atoms with Crippen LogP contribution in [0.3, 0.4) is 0 Å². The Bertz CT molecular complexity index is 2740. The van der Waals surface area contributed by atoms with Crippen LogP contribution in [0, 0.1) is 22.7 Å². The Morgan fingerprint density at radius 2 is 0.886 bits per heavy atom. The highest BCUT2D eigenvalue weighted by Gasteiger charge is 2.21. The van der Waals surface area contributed by atoms with Crippen LogP contribution in [0.15, 0.2) is 133 Å². The van der Waals surface area contributed by atoms with E-state index in [-0.39, 0.29) is 0 Å². The van der Waals surface area contributed by atoms with Crippen molar-refractivity contribution in [2.24, 2.45) is 0 Å². The second kappa shape index (κ2) is 9.07. The third-order valence-corrected chi connectivity index (χ3v) is 8.91. The Kier molecular flexibility index (Phi) is 5.00. The predicted molar refractivity (Wildman–Crippen MR) is 180 cm³/mol. The second-order valence-corrected chi connectivity index (χ2v) is 11.2. The Labute approximate surface area is 252 Å². The van der Waals surface area contributed by atoms with E-state index in [1.54, 1.807) is 0 Å². The van der Waals surface area contributed by atoms with E-state index in [2.05, 4.69) is 124 Å². The van der Waals surface area contributed by atoms with Crippen LogP contribution in [-0.2, 0) is 0 Å². The highest BCUT2D eigenvalue weighted by molar-refractivity contribution is 6.15. The zero-order valence-corrected chi connectivity index (χ0v) is 23.5. The van der Waals surface area contributed by atoms with E-state index in [4.69, 9.17) is 0 Å². The molecule has 0 unspecified atom stereocenters. The van der Waals surface area contributed by atoms with Gasteiger partial charge in [-0.2, -0.15) is 10.5 Å². The van der Waals surface area contributed by atoms with Gasteiger partial charge in [-0.25, -0.2) is 0 Å². The quantitative estimate of drug-likeness (QED) is 0.212. The predicted octanol–water partition coefficient (Wildman–Crippen LogP) is 9.93. The fourth-order valence-corrected chi connectivity index (χ4v) is 6.97. The molecule has 0 aliphatic carbocycles. The summed E-state index contributed by atoms with van der Waals surface area (Å²) in [6.45, 7) is 0. The molecule has 2 aromatic heterocycles. The average Bonchev–Trinajstić information content (AvgIpc) is 3.57. The van der Waals surface area contributed by atoms with Crippen molar-refractivity contribution in [1.29, 1.82) is 10.5 Å². The van der Waals surface area contributed by atoms with Gasteiger partial charge in [-0.3, -0.25) is 0 Å². The van der Waals surface area contributed by atoms with Gasteiger partial charge in [0.15, 0.2) is 0 Å². The number of rotatable bonds is 2. The van der Waals surface area contributed by atoms with Crippen molar-refractivity contribution < 1.29 is 0 Å². The van der Waals surface area contributed by atoms with Gasteiger partial charge < -0.3 is 9.13 Å². The van der Waals surface area contributed by atoms with Gasteiger partial charge in [0.25, 0.3) is 0 Å². The Hall–Kier alpha value is -6.36. The molecule has 0 radical (unpaired) electrons. The molecule has 0 saturated carbocycles. The molecular weight excluding hydrogens is 536 g/mol. The summed E-state index contributed by atoms with van der Waals surface area (Å²) in [6.07, 6.45) is 0. The van der Waals surface area contributed by atoms with Crippen molar-refractivity contribution in [2.75, 3.05) is 0 Å². The number of hydrogen-bond donors (Lipinski definition) is 0. The van der Waals surface area contributed by atoms with Gasteiger partial charge in [0, 0.05) is 27.2 Å².